The van der Waals surface area contributed by atoms with Gasteiger partial charge in [0, 0.05) is 12.1 Å². The molecule has 0 aliphatic carbocycles. The number of hydrogen-bond acceptors (Lipinski definition) is 2. The first kappa shape index (κ1) is 9.74. The number of allylic oxidation sites excluding steroid dienone is 1. The van der Waals surface area contributed by atoms with Gasteiger partial charge in [-0.2, -0.15) is 0 Å². The van der Waals surface area contributed by atoms with Crippen LogP contribution in [-0.4, -0.2) is 21.9 Å². The Hall–Kier alpha value is -1.35. The number of alkyl halides is 1. The van der Waals surface area contributed by atoms with Gasteiger partial charge in [-0.25, -0.2) is 9.78 Å². The quantitative estimate of drug-likeness (QED) is 0.755. The van der Waals surface area contributed by atoms with E-state index in [-0.39, 0.29) is 5.69 Å². The summed E-state index contributed by atoms with van der Waals surface area (Å²) in [5.41, 5.74) is 0.824. The summed E-state index contributed by atoms with van der Waals surface area (Å²) in [5.74, 6) is -0.619. The second-order valence-electron chi connectivity index (χ2n) is 2.34. The Morgan fingerprint density at radius 3 is 3.08 bits per heavy atom. The first-order valence-electron chi connectivity index (χ1n) is 3.66. The van der Waals surface area contributed by atoms with Crippen LogP contribution >= 0.6 is 11.6 Å². The van der Waals surface area contributed by atoms with Gasteiger partial charge in [0.25, 0.3) is 0 Å². The van der Waals surface area contributed by atoms with Crippen LogP contribution in [0.25, 0.3) is 6.08 Å². The molecule has 0 bridgehead atoms. The third-order valence-corrected chi connectivity index (χ3v) is 1.58. The monoisotopic (exact) mass is 197 g/mol. The molecule has 1 rings (SSSR count). The van der Waals surface area contributed by atoms with Crippen LogP contribution in [0.2, 0.25) is 0 Å². The van der Waals surface area contributed by atoms with Crippen LogP contribution in [0.15, 0.2) is 24.4 Å². The maximum absolute atomic E-state index is 10.5. The van der Waals surface area contributed by atoms with Gasteiger partial charge in [-0.1, -0.05) is 12.2 Å². The second-order valence-corrected chi connectivity index (χ2v) is 2.64. The van der Waals surface area contributed by atoms with E-state index in [1.54, 1.807) is 18.2 Å². The lowest BCUT2D eigenvalue weighted by Gasteiger charge is -1.94. The molecule has 1 heterocycles. The van der Waals surface area contributed by atoms with Gasteiger partial charge in [-0.3, -0.25) is 0 Å². The molecule has 1 N–H and O–H groups in total. The minimum Gasteiger partial charge on any atom is -0.477 e. The van der Waals surface area contributed by atoms with Crippen molar-refractivity contribution in [2.24, 2.45) is 0 Å². The molecule has 68 valence electrons. The summed E-state index contributed by atoms with van der Waals surface area (Å²) in [6.45, 7) is 0. The Balaban J connectivity index is 2.92. The predicted molar refractivity (Wildman–Crippen MR) is 51.0 cm³/mol. The Kier molecular flexibility index (Phi) is 3.46. The van der Waals surface area contributed by atoms with Crippen molar-refractivity contribution in [1.29, 1.82) is 0 Å². The van der Waals surface area contributed by atoms with E-state index in [0.717, 1.165) is 5.56 Å². The first-order chi connectivity index (χ1) is 6.24. The molecular formula is C9H8ClNO2. The van der Waals surface area contributed by atoms with Gasteiger partial charge in [0.1, 0.15) is 5.69 Å². The highest BCUT2D eigenvalue weighted by atomic mass is 35.5. The van der Waals surface area contributed by atoms with E-state index in [2.05, 4.69) is 4.98 Å². The molecule has 0 atom stereocenters. The van der Waals surface area contributed by atoms with Crippen LogP contribution in [0.5, 0.6) is 0 Å². The average Bonchev–Trinajstić information content (AvgIpc) is 2.15. The first-order valence-corrected chi connectivity index (χ1v) is 4.19. The molecule has 0 aliphatic rings. The van der Waals surface area contributed by atoms with Crippen molar-refractivity contribution in [2.45, 2.75) is 0 Å². The highest BCUT2D eigenvalue weighted by Crippen LogP contribution is 2.04. The highest BCUT2D eigenvalue weighted by molar-refractivity contribution is 6.19. The van der Waals surface area contributed by atoms with Crippen LogP contribution < -0.4 is 0 Å². The number of carbonyl (C=O) groups is 1. The number of carboxylic acids is 1. The summed E-state index contributed by atoms with van der Waals surface area (Å²) in [7, 11) is 0. The number of rotatable bonds is 3. The van der Waals surface area contributed by atoms with Gasteiger partial charge in [-0.05, 0) is 17.7 Å². The molecule has 0 saturated carbocycles. The third kappa shape index (κ3) is 2.87. The maximum Gasteiger partial charge on any atom is 0.354 e. The lowest BCUT2D eigenvalue weighted by molar-refractivity contribution is 0.0690. The fourth-order valence-corrected chi connectivity index (χ4v) is 0.937. The standard InChI is InChI=1S/C9H8ClNO2/c10-4-1-2-7-3-5-11-8(6-7)9(12)13/h1-3,5-6H,4H2,(H,12,13). The number of pyridine rings is 1. The molecule has 1 aromatic heterocycles. The zero-order valence-electron chi connectivity index (χ0n) is 6.77. The van der Waals surface area contributed by atoms with Gasteiger partial charge in [0.15, 0.2) is 0 Å². The summed E-state index contributed by atoms with van der Waals surface area (Å²) in [5, 5.41) is 8.62. The summed E-state index contributed by atoms with van der Waals surface area (Å²) in [6.07, 6.45) is 4.95. The van der Waals surface area contributed by atoms with E-state index in [4.69, 9.17) is 16.7 Å². The normalized spacial score (nSPS) is 10.5. The molecule has 0 amide bonds. The van der Waals surface area contributed by atoms with E-state index < -0.39 is 5.97 Å². The Morgan fingerprint density at radius 2 is 2.46 bits per heavy atom. The largest absolute Gasteiger partial charge is 0.477 e. The van der Waals surface area contributed by atoms with Gasteiger partial charge < -0.3 is 5.11 Å². The number of halogens is 1. The molecule has 0 radical (unpaired) electrons. The molecule has 13 heavy (non-hydrogen) atoms. The van der Waals surface area contributed by atoms with Gasteiger partial charge in [0.05, 0.1) is 0 Å². The highest BCUT2D eigenvalue weighted by Gasteiger charge is 2.02. The molecular weight excluding hydrogens is 190 g/mol. The van der Waals surface area contributed by atoms with Crippen LogP contribution in [0, 0.1) is 0 Å². The predicted octanol–water partition coefficient (Wildman–Crippen LogP) is 2.03. The number of carboxylic acid groups (broad SMARTS) is 1. The van der Waals surface area contributed by atoms with Crippen molar-refractivity contribution in [3.05, 3.63) is 35.7 Å². The van der Waals surface area contributed by atoms with Crippen LogP contribution in [0.4, 0.5) is 0 Å². The molecule has 0 fully saturated rings. The third-order valence-electron chi connectivity index (χ3n) is 1.40. The molecule has 4 heteroatoms. The zero-order chi connectivity index (χ0) is 9.68. The van der Waals surface area contributed by atoms with Crippen molar-refractivity contribution in [1.82, 2.24) is 4.98 Å². The van der Waals surface area contributed by atoms with Crippen LogP contribution in [0.1, 0.15) is 16.1 Å². The maximum atomic E-state index is 10.5. The molecule has 3 nitrogen and oxygen atoms in total. The van der Waals surface area contributed by atoms with E-state index in [0.29, 0.717) is 5.88 Å². The van der Waals surface area contributed by atoms with E-state index >= 15 is 0 Å². The topological polar surface area (TPSA) is 50.2 Å². The van der Waals surface area contributed by atoms with E-state index in [1.807, 2.05) is 0 Å². The lowest BCUT2D eigenvalue weighted by atomic mass is 10.2. The Morgan fingerprint density at radius 1 is 1.69 bits per heavy atom. The molecule has 0 aliphatic heterocycles. The number of aromatic nitrogens is 1. The van der Waals surface area contributed by atoms with Crippen molar-refractivity contribution in [3.63, 3.8) is 0 Å². The van der Waals surface area contributed by atoms with Crippen molar-refractivity contribution in [2.75, 3.05) is 5.88 Å². The summed E-state index contributed by atoms with van der Waals surface area (Å²) >= 11 is 5.44. The van der Waals surface area contributed by atoms with Crippen LogP contribution in [0.3, 0.4) is 0 Å². The summed E-state index contributed by atoms with van der Waals surface area (Å²) in [6, 6.07) is 3.21. The Labute approximate surface area is 80.7 Å². The van der Waals surface area contributed by atoms with Gasteiger partial charge in [0.2, 0.25) is 0 Å². The molecule has 0 unspecified atom stereocenters. The summed E-state index contributed by atoms with van der Waals surface area (Å²) in [4.78, 5) is 14.2. The van der Waals surface area contributed by atoms with Crippen molar-refractivity contribution < 1.29 is 9.90 Å². The van der Waals surface area contributed by atoms with E-state index in [9.17, 15) is 4.79 Å². The Bertz CT molecular complexity index is 336. The molecule has 0 spiro atoms. The SMILES string of the molecule is O=C(O)c1cc(C=CCCl)ccn1. The fraction of sp³-hybridized carbons (Fsp3) is 0.111. The van der Waals surface area contributed by atoms with Crippen molar-refractivity contribution >= 4 is 23.6 Å². The fourth-order valence-electron chi connectivity index (χ4n) is 0.848. The van der Waals surface area contributed by atoms with Gasteiger partial charge in [-0.15, -0.1) is 11.6 Å². The molecule has 0 saturated heterocycles. The minimum absolute atomic E-state index is 0.0386. The van der Waals surface area contributed by atoms with Crippen molar-refractivity contribution in [3.8, 4) is 0 Å². The number of hydrogen-bond donors (Lipinski definition) is 1. The van der Waals surface area contributed by atoms with Crippen LogP contribution in [-0.2, 0) is 0 Å². The zero-order valence-corrected chi connectivity index (χ0v) is 7.53. The minimum atomic E-state index is -1.03. The van der Waals surface area contributed by atoms with Gasteiger partial charge >= 0.3 is 5.97 Å². The van der Waals surface area contributed by atoms with E-state index in [1.165, 1.54) is 12.3 Å². The number of aromatic carboxylic acids is 1. The molecule has 0 aromatic carbocycles. The number of nitrogens with zero attached hydrogens (tertiary/aromatic N) is 1. The lowest BCUT2D eigenvalue weighted by Crippen LogP contribution is -1.99. The average molecular weight is 198 g/mol. The molecule has 1 aromatic rings. The summed E-state index contributed by atoms with van der Waals surface area (Å²) < 4.78 is 0. The smallest absolute Gasteiger partial charge is 0.354 e. The second kappa shape index (κ2) is 4.62.